The van der Waals surface area contributed by atoms with Crippen molar-refractivity contribution in [3.63, 3.8) is 0 Å². The number of nitrogens with zero attached hydrogens (tertiary/aromatic N) is 6. The Balaban J connectivity index is 1.29. The number of anilines is 2. The van der Waals surface area contributed by atoms with E-state index in [1.54, 1.807) is 32.4 Å². The molecular weight excluding hydrogens is 535 g/mol. The van der Waals surface area contributed by atoms with Gasteiger partial charge in [0.15, 0.2) is 28.7 Å². The van der Waals surface area contributed by atoms with Crippen molar-refractivity contribution in [3.05, 3.63) is 89.7 Å². The van der Waals surface area contributed by atoms with E-state index in [0.29, 0.717) is 46.8 Å². The number of rotatable bonds is 10. The summed E-state index contributed by atoms with van der Waals surface area (Å²) in [6.45, 7) is 3.14. The number of ether oxygens (including phenoxy) is 2. The van der Waals surface area contributed by atoms with E-state index in [4.69, 9.17) is 19.4 Å². The van der Waals surface area contributed by atoms with Gasteiger partial charge in [-0.05, 0) is 47.9 Å². The molecule has 3 aromatic carbocycles. The van der Waals surface area contributed by atoms with Gasteiger partial charge in [-0.15, -0.1) is 10.2 Å². The van der Waals surface area contributed by atoms with E-state index < -0.39 is 0 Å². The Labute approximate surface area is 243 Å². The van der Waals surface area contributed by atoms with Crippen LogP contribution in [-0.4, -0.2) is 63.4 Å². The number of hydrogen-bond donors (Lipinski definition) is 2. The van der Waals surface area contributed by atoms with Crippen LogP contribution in [0.5, 0.6) is 11.5 Å². The summed E-state index contributed by atoms with van der Waals surface area (Å²) in [4.78, 5) is 16.6. The molecule has 11 heteroatoms. The van der Waals surface area contributed by atoms with Crippen LogP contribution < -0.4 is 20.1 Å². The molecule has 0 saturated carbocycles. The van der Waals surface area contributed by atoms with Gasteiger partial charge in [-0.25, -0.2) is 9.37 Å². The maximum Gasteiger partial charge on any atom is 0.227 e. The molecule has 0 amide bonds. The maximum absolute atomic E-state index is 13.4. The first kappa shape index (κ1) is 27.3. The van der Waals surface area contributed by atoms with E-state index in [0.717, 1.165) is 37.2 Å². The van der Waals surface area contributed by atoms with Crippen LogP contribution in [0, 0.1) is 5.82 Å². The molecule has 0 spiro atoms. The van der Waals surface area contributed by atoms with Crippen molar-refractivity contribution in [2.75, 3.05) is 37.9 Å². The summed E-state index contributed by atoms with van der Waals surface area (Å²) in [6, 6.07) is 22.4. The van der Waals surface area contributed by atoms with Crippen LogP contribution in [-0.2, 0) is 13.1 Å². The third kappa shape index (κ3) is 6.21. The molecule has 3 heterocycles. The van der Waals surface area contributed by atoms with Gasteiger partial charge in [0, 0.05) is 37.8 Å². The van der Waals surface area contributed by atoms with Gasteiger partial charge in [0.25, 0.3) is 0 Å². The van der Waals surface area contributed by atoms with E-state index >= 15 is 0 Å². The zero-order valence-electron chi connectivity index (χ0n) is 23.4. The zero-order valence-corrected chi connectivity index (χ0v) is 23.4. The van der Waals surface area contributed by atoms with E-state index in [1.165, 1.54) is 17.7 Å². The van der Waals surface area contributed by atoms with Crippen molar-refractivity contribution in [1.29, 1.82) is 0 Å². The summed E-state index contributed by atoms with van der Waals surface area (Å²) in [6.07, 6.45) is 0.956. The zero-order chi connectivity index (χ0) is 28.9. The Morgan fingerprint density at radius 3 is 2.48 bits per heavy atom. The molecule has 5 aromatic rings. The molecule has 1 aliphatic rings. The molecular formula is C31H31FN8O2. The van der Waals surface area contributed by atoms with Crippen LogP contribution in [0.4, 0.5) is 16.2 Å². The quantitative estimate of drug-likeness (QED) is 0.241. The highest BCUT2D eigenvalue weighted by Crippen LogP contribution is 2.32. The van der Waals surface area contributed by atoms with E-state index in [2.05, 4.69) is 55.0 Å². The highest BCUT2D eigenvalue weighted by Gasteiger charge is 2.24. The van der Waals surface area contributed by atoms with Crippen LogP contribution in [0.15, 0.2) is 72.8 Å². The molecule has 2 N–H and O–H groups in total. The number of fused-ring (bicyclic) bond motifs is 1. The molecule has 6 rings (SSSR count). The minimum Gasteiger partial charge on any atom is -0.493 e. The van der Waals surface area contributed by atoms with Crippen molar-refractivity contribution in [3.8, 4) is 22.9 Å². The van der Waals surface area contributed by atoms with Crippen LogP contribution >= 0.6 is 0 Å². The van der Waals surface area contributed by atoms with Crippen molar-refractivity contribution >= 4 is 22.9 Å². The van der Waals surface area contributed by atoms with Gasteiger partial charge in [-0.2, -0.15) is 9.97 Å². The molecule has 0 unspecified atom stereocenters. The number of hydrogen-bond acceptors (Lipinski definition) is 10. The number of halogens is 1. The number of likely N-dealkylation sites (tertiary alicyclic amines) is 1. The lowest BCUT2D eigenvalue weighted by atomic mass is 10.2. The fraction of sp³-hybridized carbons (Fsp3) is 0.258. The molecule has 2 aromatic heterocycles. The lowest BCUT2D eigenvalue weighted by Crippen LogP contribution is -2.26. The van der Waals surface area contributed by atoms with Gasteiger partial charge in [0.05, 0.1) is 14.2 Å². The third-order valence-corrected chi connectivity index (χ3v) is 7.19. The molecule has 0 radical (unpaired) electrons. The smallest absolute Gasteiger partial charge is 0.227 e. The monoisotopic (exact) mass is 566 g/mol. The fourth-order valence-corrected chi connectivity index (χ4v) is 5.03. The molecule has 1 saturated heterocycles. The second kappa shape index (κ2) is 12.3. The number of aromatic nitrogens is 5. The van der Waals surface area contributed by atoms with Gasteiger partial charge >= 0.3 is 0 Å². The Bertz CT molecular complexity index is 1670. The van der Waals surface area contributed by atoms with Crippen molar-refractivity contribution in [1.82, 2.24) is 30.0 Å². The summed E-state index contributed by atoms with van der Waals surface area (Å²) in [5, 5.41) is 15.6. The SMILES string of the molecule is COc1ccc(-c2nnc3nc(NCc4ccc(F)cc4)nc(N[C@H]4CCN(Cc5ccccc5)C4)c3n2)cc1OC. The highest BCUT2D eigenvalue weighted by atomic mass is 19.1. The van der Waals surface area contributed by atoms with Crippen LogP contribution in [0.25, 0.3) is 22.6 Å². The maximum atomic E-state index is 13.4. The third-order valence-electron chi connectivity index (χ3n) is 7.19. The van der Waals surface area contributed by atoms with Crippen molar-refractivity contribution < 1.29 is 13.9 Å². The standard InChI is InChI=1S/C31H31FN8O2/c1-41-25-13-10-22(16-26(25)42-2)28-35-27-29(34-24-14-15-40(19-24)18-21-6-4-3-5-7-21)36-31(37-30(27)39-38-28)33-17-20-8-11-23(32)12-9-20/h3-13,16,24H,14-15,17-19H2,1-2H3,(H2,33,34,36,37,39)/t24-/m0/s1. The molecule has 0 bridgehead atoms. The first-order valence-electron chi connectivity index (χ1n) is 13.7. The average molecular weight is 567 g/mol. The normalized spacial score (nSPS) is 15.1. The summed E-state index contributed by atoms with van der Waals surface area (Å²) < 4.78 is 24.2. The lowest BCUT2D eigenvalue weighted by molar-refractivity contribution is 0.328. The van der Waals surface area contributed by atoms with E-state index in [9.17, 15) is 4.39 Å². The average Bonchev–Trinajstić information content (AvgIpc) is 3.47. The summed E-state index contributed by atoms with van der Waals surface area (Å²) in [5.41, 5.74) is 3.78. The number of benzene rings is 3. The summed E-state index contributed by atoms with van der Waals surface area (Å²) in [7, 11) is 3.17. The summed E-state index contributed by atoms with van der Waals surface area (Å²) >= 11 is 0. The van der Waals surface area contributed by atoms with Crippen LogP contribution in [0.1, 0.15) is 17.5 Å². The molecule has 1 fully saturated rings. The molecule has 0 aliphatic carbocycles. The van der Waals surface area contributed by atoms with Gasteiger partial charge in [-0.3, -0.25) is 4.90 Å². The Hall–Kier alpha value is -4.90. The fourth-order valence-electron chi connectivity index (χ4n) is 5.03. The lowest BCUT2D eigenvalue weighted by Gasteiger charge is -2.18. The van der Waals surface area contributed by atoms with Gasteiger partial charge < -0.3 is 20.1 Å². The minimum atomic E-state index is -0.281. The Morgan fingerprint density at radius 1 is 0.881 bits per heavy atom. The number of methoxy groups -OCH3 is 2. The van der Waals surface area contributed by atoms with Crippen molar-refractivity contribution in [2.45, 2.75) is 25.6 Å². The molecule has 1 atom stereocenters. The molecule has 10 nitrogen and oxygen atoms in total. The first-order chi connectivity index (χ1) is 20.6. The first-order valence-corrected chi connectivity index (χ1v) is 13.7. The molecule has 1 aliphatic heterocycles. The van der Waals surface area contributed by atoms with Crippen molar-refractivity contribution in [2.24, 2.45) is 0 Å². The number of nitrogens with one attached hydrogen (secondary N) is 2. The minimum absolute atomic E-state index is 0.163. The van der Waals surface area contributed by atoms with E-state index in [-0.39, 0.29) is 11.9 Å². The second-order valence-electron chi connectivity index (χ2n) is 10.1. The van der Waals surface area contributed by atoms with Gasteiger partial charge in [-0.1, -0.05) is 42.5 Å². The molecule has 214 valence electrons. The predicted molar refractivity (Wildman–Crippen MR) is 159 cm³/mol. The topological polar surface area (TPSA) is 110 Å². The summed E-state index contributed by atoms with van der Waals surface area (Å²) in [5.74, 6) is 2.26. The Morgan fingerprint density at radius 2 is 1.69 bits per heavy atom. The van der Waals surface area contributed by atoms with Crippen LogP contribution in [0.3, 0.4) is 0 Å². The second-order valence-corrected chi connectivity index (χ2v) is 10.1. The van der Waals surface area contributed by atoms with E-state index in [1.807, 2.05) is 18.2 Å². The van der Waals surface area contributed by atoms with Gasteiger partial charge in [0.2, 0.25) is 11.6 Å². The Kier molecular flexibility index (Phi) is 8.00. The van der Waals surface area contributed by atoms with Crippen LogP contribution in [0.2, 0.25) is 0 Å². The molecule has 42 heavy (non-hydrogen) atoms. The largest absolute Gasteiger partial charge is 0.493 e. The van der Waals surface area contributed by atoms with Gasteiger partial charge in [0.1, 0.15) is 5.82 Å². The predicted octanol–water partition coefficient (Wildman–Crippen LogP) is 4.94. The highest BCUT2D eigenvalue weighted by molar-refractivity contribution is 5.84.